The fourth-order valence-corrected chi connectivity index (χ4v) is 4.34. The number of hydrogen-bond acceptors (Lipinski definition) is 1. The Morgan fingerprint density at radius 3 is 1.50 bits per heavy atom. The molecule has 154 valence electrons. The van der Waals surface area contributed by atoms with E-state index in [9.17, 15) is 0 Å². The minimum Gasteiger partial charge on any atom is -0.310 e. The highest BCUT2D eigenvalue weighted by Gasteiger charge is 2.13. The molecule has 0 radical (unpaired) electrons. The summed E-state index contributed by atoms with van der Waals surface area (Å²) in [5, 5.41) is 0. The van der Waals surface area contributed by atoms with Gasteiger partial charge in [-0.05, 0) is 64.7 Å². The van der Waals surface area contributed by atoms with Crippen molar-refractivity contribution in [3.05, 3.63) is 138 Å². The average molecular weight is 476 g/mol. The Bertz CT molecular complexity index is 1310. The summed E-state index contributed by atoms with van der Waals surface area (Å²) in [5.41, 5.74) is 8.22. The molecule has 0 saturated heterocycles. The maximum absolute atomic E-state index is 3.63. The van der Waals surface area contributed by atoms with Crippen molar-refractivity contribution in [1.29, 1.82) is 0 Å². The first kappa shape index (κ1) is 20.3. The molecular formula is C30H22BrN. The predicted octanol–water partition coefficient (Wildman–Crippen LogP) is 9.25. The zero-order chi connectivity index (χ0) is 21.8. The molecule has 0 bridgehead atoms. The molecule has 0 heterocycles. The molecule has 0 aliphatic carbocycles. The molecule has 5 rings (SSSR count). The van der Waals surface area contributed by atoms with Gasteiger partial charge < -0.3 is 4.90 Å². The molecule has 0 unspecified atom stereocenters. The first-order valence-corrected chi connectivity index (χ1v) is 11.4. The van der Waals surface area contributed by atoms with Crippen LogP contribution in [0.4, 0.5) is 17.1 Å². The molecule has 0 N–H and O–H groups in total. The van der Waals surface area contributed by atoms with Gasteiger partial charge in [-0.3, -0.25) is 0 Å². The summed E-state index contributed by atoms with van der Waals surface area (Å²) in [7, 11) is 0. The summed E-state index contributed by atoms with van der Waals surface area (Å²) < 4.78 is 1.06. The van der Waals surface area contributed by atoms with Gasteiger partial charge >= 0.3 is 0 Å². The largest absolute Gasteiger partial charge is 0.310 e. The molecular weight excluding hydrogens is 454 g/mol. The van der Waals surface area contributed by atoms with E-state index in [0.717, 1.165) is 21.5 Å². The van der Waals surface area contributed by atoms with Crippen LogP contribution in [0.5, 0.6) is 0 Å². The predicted molar refractivity (Wildman–Crippen MR) is 140 cm³/mol. The van der Waals surface area contributed by atoms with E-state index in [2.05, 4.69) is 142 Å². The van der Waals surface area contributed by atoms with E-state index >= 15 is 0 Å². The number of para-hydroxylation sites is 1. The minimum atomic E-state index is 1.06. The van der Waals surface area contributed by atoms with Gasteiger partial charge in [-0.15, -0.1) is 0 Å². The van der Waals surface area contributed by atoms with Crippen LogP contribution in [0.25, 0.3) is 22.3 Å². The topological polar surface area (TPSA) is 3.24 Å². The number of halogens is 1. The lowest BCUT2D eigenvalue weighted by molar-refractivity contribution is 1.28. The molecule has 0 aromatic heterocycles. The van der Waals surface area contributed by atoms with E-state index in [0.29, 0.717) is 0 Å². The van der Waals surface area contributed by atoms with Gasteiger partial charge in [0, 0.05) is 21.5 Å². The number of nitrogens with zero attached hydrogens (tertiary/aromatic N) is 1. The molecule has 1 nitrogen and oxygen atoms in total. The Kier molecular flexibility index (Phi) is 5.87. The van der Waals surface area contributed by atoms with Gasteiger partial charge in [0.15, 0.2) is 0 Å². The fraction of sp³-hybridized carbons (Fsp3) is 0. The van der Waals surface area contributed by atoms with Crippen LogP contribution in [0.15, 0.2) is 138 Å². The number of rotatable bonds is 5. The van der Waals surface area contributed by atoms with Crippen molar-refractivity contribution in [2.45, 2.75) is 0 Å². The van der Waals surface area contributed by atoms with Crippen molar-refractivity contribution in [2.24, 2.45) is 0 Å². The quantitative estimate of drug-likeness (QED) is 0.244. The van der Waals surface area contributed by atoms with Crippen LogP contribution < -0.4 is 4.90 Å². The Morgan fingerprint density at radius 2 is 0.844 bits per heavy atom. The highest BCUT2D eigenvalue weighted by molar-refractivity contribution is 9.10. The molecule has 0 atom stereocenters. The van der Waals surface area contributed by atoms with E-state index in [1.807, 2.05) is 12.1 Å². The Balaban J connectivity index is 1.54. The SMILES string of the molecule is Brc1cccc(N(c2ccccc2)c2cccc(-c3ccc(-c4ccccc4)cc3)c2)c1. The van der Waals surface area contributed by atoms with Gasteiger partial charge in [0.25, 0.3) is 0 Å². The van der Waals surface area contributed by atoms with Crippen LogP contribution >= 0.6 is 15.9 Å². The van der Waals surface area contributed by atoms with Gasteiger partial charge in [0.2, 0.25) is 0 Å². The Hall–Kier alpha value is -3.62. The first-order chi connectivity index (χ1) is 15.8. The summed E-state index contributed by atoms with van der Waals surface area (Å²) in [5.74, 6) is 0. The molecule has 0 aliphatic heterocycles. The first-order valence-electron chi connectivity index (χ1n) is 10.6. The van der Waals surface area contributed by atoms with Crippen LogP contribution in [-0.2, 0) is 0 Å². The minimum absolute atomic E-state index is 1.06. The zero-order valence-electron chi connectivity index (χ0n) is 17.5. The highest BCUT2D eigenvalue weighted by Crippen LogP contribution is 2.37. The van der Waals surface area contributed by atoms with Crippen molar-refractivity contribution >= 4 is 33.0 Å². The second-order valence-corrected chi connectivity index (χ2v) is 8.56. The van der Waals surface area contributed by atoms with E-state index in [1.54, 1.807) is 0 Å². The third-order valence-electron chi connectivity index (χ3n) is 5.51. The molecule has 0 fully saturated rings. The van der Waals surface area contributed by atoms with Gasteiger partial charge in [-0.25, -0.2) is 0 Å². The summed E-state index contributed by atoms with van der Waals surface area (Å²) >= 11 is 3.63. The summed E-state index contributed by atoms with van der Waals surface area (Å²) in [4.78, 5) is 2.28. The van der Waals surface area contributed by atoms with Crippen molar-refractivity contribution < 1.29 is 0 Å². The van der Waals surface area contributed by atoms with Gasteiger partial charge in [-0.1, -0.05) is 107 Å². The number of benzene rings is 5. The van der Waals surface area contributed by atoms with E-state index in [-0.39, 0.29) is 0 Å². The smallest absolute Gasteiger partial charge is 0.0472 e. The van der Waals surface area contributed by atoms with Crippen molar-refractivity contribution in [3.63, 3.8) is 0 Å². The maximum atomic E-state index is 3.63. The molecule has 0 spiro atoms. The molecule has 2 heteroatoms. The van der Waals surface area contributed by atoms with Crippen LogP contribution in [0, 0.1) is 0 Å². The second-order valence-electron chi connectivity index (χ2n) is 7.64. The van der Waals surface area contributed by atoms with Crippen molar-refractivity contribution in [2.75, 3.05) is 4.90 Å². The number of hydrogen-bond donors (Lipinski definition) is 0. The van der Waals surface area contributed by atoms with E-state index < -0.39 is 0 Å². The lowest BCUT2D eigenvalue weighted by Gasteiger charge is -2.26. The Labute approximate surface area is 197 Å². The molecule has 5 aromatic rings. The zero-order valence-corrected chi connectivity index (χ0v) is 19.1. The molecule has 5 aromatic carbocycles. The van der Waals surface area contributed by atoms with Crippen molar-refractivity contribution in [3.8, 4) is 22.3 Å². The molecule has 32 heavy (non-hydrogen) atoms. The molecule has 0 amide bonds. The fourth-order valence-electron chi connectivity index (χ4n) is 3.95. The standard InChI is InChI=1S/C30H22BrN/c31-27-12-8-16-30(22-27)32(28-13-5-2-6-14-28)29-15-7-11-26(21-29)25-19-17-24(18-20-25)23-9-3-1-4-10-23/h1-22H. The third kappa shape index (κ3) is 4.37. The monoisotopic (exact) mass is 475 g/mol. The van der Waals surface area contributed by atoms with E-state index in [4.69, 9.17) is 0 Å². The second kappa shape index (κ2) is 9.25. The highest BCUT2D eigenvalue weighted by atomic mass is 79.9. The van der Waals surface area contributed by atoms with Crippen LogP contribution in [0.2, 0.25) is 0 Å². The lowest BCUT2D eigenvalue weighted by atomic mass is 10.00. The van der Waals surface area contributed by atoms with Gasteiger partial charge in [-0.2, -0.15) is 0 Å². The van der Waals surface area contributed by atoms with E-state index in [1.165, 1.54) is 22.3 Å². The Morgan fingerprint density at radius 1 is 0.375 bits per heavy atom. The third-order valence-corrected chi connectivity index (χ3v) is 6.00. The van der Waals surface area contributed by atoms with Gasteiger partial charge in [0.1, 0.15) is 0 Å². The summed E-state index contributed by atoms with van der Waals surface area (Å²) in [6.07, 6.45) is 0. The molecule has 0 aliphatic rings. The number of anilines is 3. The van der Waals surface area contributed by atoms with Crippen LogP contribution in [0.3, 0.4) is 0 Å². The summed E-state index contributed by atoms with van der Waals surface area (Å²) in [6.45, 7) is 0. The lowest BCUT2D eigenvalue weighted by Crippen LogP contribution is -2.09. The van der Waals surface area contributed by atoms with Crippen molar-refractivity contribution in [1.82, 2.24) is 0 Å². The van der Waals surface area contributed by atoms with Crippen LogP contribution in [0.1, 0.15) is 0 Å². The normalized spacial score (nSPS) is 10.7. The average Bonchev–Trinajstić information content (AvgIpc) is 2.86. The van der Waals surface area contributed by atoms with Gasteiger partial charge in [0.05, 0.1) is 0 Å². The van der Waals surface area contributed by atoms with Crippen LogP contribution in [-0.4, -0.2) is 0 Å². The molecule has 0 saturated carbocycles. The summed E-state index contributed by atoms with van der Waals surface area (Å²) in [6, 6.07) is 46.9. The maximum Gasteiger partial charge on any atom is 0.0472 e.